The van der Waals surface area contributed by atoms with Crippen LogP contribution in [-0.4, -0.2) is 37.5 Å². The van der Waals surface area contributed by atoms with E-state index in [1.54, 1.807) is 6.92 Å². The molecule has 2 unspecified atom stereocenters. The van der Waals surface area contributed by atoms with Gasteiger partial charge in [-0.2, -0.15) is 0 Å². The number of carbonyl (C=O) groups is 2. The van der Waals surface area contributed by atoms with Gasteiger partial charge in [0.15, 0.2) is 0 Å². The number of carbonyl (C=O) groups excluding carboxylic acids is 2. The molecule has 5 nitrogen and oxygen atoms in total. The first-order chi connectivity index (χ1) is 7.65. The van der Waals surface area contributed by atoms with Crippen LogP contribution in [0.15, 0.2) is 0 Å². The topological polar surface area (TPSA) is 70.2 Å². The van der Waals surface area contributed by atoms with E-state index in [0.29, 0.717) is 13.1 Å². The van der Waals surface area contributed by atoms with Crippen LogP contribution in [0.2, 0.25) is 0 Å². The van der Waals surface area contributed by atoms with Crippen molar-refractivity contribution >= 4 is 11.8 Å². The summed E-state index contributed by atoms with van der Waals surface area (Å²) in [6.45, 7) is 5.85. The van der Waals surface area contributed by atoms with Crippen LogP contribution in [0.5, 0.6) is 0 Å². The van der Waals surface area contributed by atoms with Gasteiger partial charge >= 0.3 is 0 Å². The minimum Gasteiger partial charge on any atom is -0.355 e. The average Bonchev–Trinajstić information content (AvgIpc) is 2.30. The van der Waals surface area contributed by atoms with Gasteiger partial charge in [0, 0.05) is 13.1 Å². The maximum Gasteiger partial charge on any atom is 0.242 e. The van der Waals surface area contributed by atoms with Crippen LogP contribution in [0.1, 0.15) is 26.7 Å². The third kappa shape index (κ3) is 3.81. The monoisotopic (exact) mass is 227 g/mol. The Balaban J connectivity index is 2.34. The minimum absolute atomic E-state index is 0.00521. The van der Waals surface area contributed by atoms with Gasteiger partial charge in [-0.25, -0.2) is 0 Å². The Morgan fingerprint density at radius 3 is 2.81 bits per heavy atom. The van der Waals surface area contributed by atoms with Crippen LogP contribution < -0.4 is 16.0 Å². The fraction of sp³-hybridized carbons (Fsp3) is 0.818. The quantitative estimate of drug-likeness (QED) is 0.613. The van der Waals surface area contributed by atoms with Crippen LogP contribution in [0.3, 0.4) is 0 Å². The van der Waals surface area contributed by atoms with E-state index in [1.165, 1.54) is 0 Å². The Kier molecular flexibility index (Phi) is 5.25. The van der Waals surface area contributed by atoms with Crippen LogP contribution in [-0.2, 0) is 9.59 Å². The first-order valence-corrected chi connectivity index (χ1v) is 5.94. The van der Waals surface area contributed by atoms with Gasteiger partial charge in [-0.05, 0) is 33.2 Å². The standard InChI is InChI=1S/C11H21N3O2/c1-3-13-10(15)8(2)14-11(16)9-5-4-6-12-7-9/h8-9,12H,3-7H2,1-2H3,(H,13,15)(H,14,16). The van der Waals surface area contributed by atoms with E-state index in [2.05, 4.69) is 16.0 Å². The maximum atomic E-state index is 11.8. The third-order valence-electron chi connectivity index (χ3n) is 2.77. The van der Waals surface area contributed by atoms with E-state index in [0.717, 1.165) is 19.4 Å². The molecule has 1 rings (SSSR count). The van der Waals surface area contributed by atoms with Crippen LogP contribution >= 0.6 is 0 Å². The molecule has 0 saturated carbocycles. The first-order valence-electron chi connectivity index (χ1n) is 5.94. The van der Waals surface area contributed by atoms with Gasteiger partial charge < -0.3 is 16.0 Å². The molecule has 0 aliphatic carbocycles. The minimum atomic E-state index is -0.450. The molecule has 0 aromatic carbocycles. The molecule has 0 bridgehead atoms. The predicted octanol–water partition coefficient (Wildman–Crippen LogP) is -0.373. The lowest BCUT2D eigenvalue weighted by Crippen LogP contribution is -2.49. The lowest BCUT2D eigenvalue weighted by atomic mass is 9.98. The Hall–Kier alpha value is -1.10. The molecular weight excluding hydrogens is 206 g/mol. The fourth-order valence-electron chi connectivity index (χ4n) is 1.80. The summed E-state index contributed by atoms with van der Waals surface area (Å²) in [5, 5.41) is 8.61. The molecule has 0 spiro atoms. The molecule has 0 aromatic rings. The van der Waals surface area contributed by atoms with Crippen LogP contribution in [0.25, 0.3) is 0 Å². The Bertz CT molecular complexity index is 250. The third-order valence-corrected chi connectivity index (χ3v) is 2.77. The van der Waals surface area contributed by atoms with E-state index in [1.807, 2.05) is 6.92 Å². The van der Waals surface area contributed by atoms with Crippen molar-refractivity contribution in [1.82, 2.24) is 16.0 Å². The normalized spacial score (nSPS) is 22.2. The zero-order valence-corrected chi connectivity index (χ0v) is 10.0. The Labute approximate surface area is 96.4 Å². The summed E-state index contributed by atoms with van der Waals surface area (Å²) in [5.74, 6) is -0.142. The summed E-state index contributed by atoms with van der Waals surface area (Å²) >= 11 is 0. The molecule has 0 radical (unpaired) electrons. The molecule has 2 amide bonds. The lowest BCUT2D eigenvalue weighted by molar-refractivity contribution is -0.131. The second-order valence-electron chi connectivity index (χ2n) is 4.17. The molecule has 1 aliphatic rings. The summed E-state index contributed by atoms with van der Waals surface area (Å²) in [6, 6.07) is -0.450. The van der Waals surface area contributed by atoms with Crippen molar-refractivity contribution in [1.29, 1.82) is 0 Å². The molecule has 1 saturated heterocycles. The second-order valence-corrected chi connectivity index (χ2v) is 4.17. The van der Waals surface area contributed by atoms with Crippen molar-refractivity contribution in [3.63, 3.8) is 0 Å². The largest absolute Gasteiger partial charge is 0.355 e. The molecule has 2 atom stereocenters. The number of rotatable bonds is 4. The van der Waals surface area contributed by atoms with Crippen molar-refractivity contribution in [2.75, 3.05) is 19.6 Å². The predicted molar refractivity (Wildman–Crippen MR) is 61.9 cm³/mol. The summed E-state index contributed by atoms with van der Waals surface area (Å²) in [5.41, 5.74) is 0. The SMILES string of the molecule is CCNC(=O)C(C)NC(=O)C1CCCNC1. The highest BCUT2D eigenvalue weighted by molar-refractivity contribution is 5.88. The molecule has 16 heavy (non-hydrogen) atoms. The zero-order valence-electron chi connectivity index (χ0n) is 10.0. The van der Waals surface area contributed by atoms with Crippen LogP contribution in [0, 0.1) is 5.92 Å². The highest BCUT2D eigenvalue weighted by Crippen LogP contribution is 2.09. The van der Waals surface area contributed by atoms with Crippen molar-refractivity contribution in [3.8, 4) is 0 Å². The van der Waals surface area contributed by atoms with E-state index < -0.39 is 6.04 Å². The number of amides is 2. The fourth-order valence-corrected chi connectivity index (χ4v) is 1.80. The molecule has 5 heteroatoms. The Morgan fingerprint density at radius 1 is 1.50 bits per heavy atom. The molecule has 3 N–H and O–H groups in total. The number of hydrogen-bond donors (Lipinski definition) is 3. The number of nitrogens with one attached hydrogen (secondary N) is 3. The molecule has 0 aromatic heterocycles. The summed E-state index contributed by atoms with van der Waals surface area (Å²) in [7, 11) is 0. The van der Waals surface area contributed by atoms with E-state index in [-0.39, 0.29) is 17.7 Å². The van der Waals surface area contributed by atoms with Crippen molar-refractivity contribution in [2.24, 2.45) is 5.92 Å². The van der Waals surface area contributed by atoms with Gasteiger partial charge in [0.05, 0.1) is 5.92 Å². The van der Waals surface area contributed by atoms with E-state index in [9.17, 15) is 9.59 Å². The molecular formula is C11H21N3O2. The molecule has 92 valence electrons. The highest BCUT2D eigenvalue weighted by atomic mass is 16.2. The zero-order chi connectivity index (χ0) is 12.0. The van der Waals surface area contributed by atoms with Gasteiger partial charge in [0.25, 0.3) is 0 Å². The molecule has 1 heterocycles. The number of piperidine rings is 1. The summed E-state index contributed by atoms with van der Waals surface area (Å²) in [4.78, 5) is 23.2. The van der Waals surface area contributed by atoms with Crippen molar-refractivity contribution in [3.05, 3.63) is 0 Å². The van der Waals surface area contributed by atoms with E-state index >= 15 is 0 Å². The Morgan fingerprint density at radius 2 is 2.25 bits per heavy atom. The van der Waals surface area contributed by atoms with Crippen molar-refractivity contribution in [2.45, 2.75) is 32.7 Å². The van der Waals surface area contributed by atoms with E-state index in [4.69, 9.17) is 0 Å². The van der Waals surface area contributed by atoms with Crippen LogP contribution in [0.4, 0.5) is 0 Å². The number of likely N-dealkylation sites (N-methyl/N-ethyl adjacent to an activating group) is 1. The molecule has 1 fully saturated rings. The van der Waals surface area contributed by atoms with Gasteiger partial charge in [-0.1, -0.05) is 0 Å². The average molecular weight is 227 g/mol. The highest BCUT2D eigenvalue weighted by Gasteiger charge is 2.23. The van der Waals surface area contributed by atoms with Gasteiger partial charge in [0.2, 0.25) is 11.8 Å². The van der Waals surface area contributed by atoms with Gasteiger partial charge in [-0.15, -0.1) is 0 Å². The van der Waals surface area contributed by atoms with Gasteiger partial charge in [-0.3, -0.25) is 9.59 Å². The molecule has 1 aliphatic heterocycles. The first kappa shape index (κ1) is 13.0. The maximum absolute atomic E-state index is 11.8. The van der Waals surface area contributed by atoms with Crippen molar-refractivity contribution < 1.29 is 9.59 Å². The lowest BCUT2D eigenvalue weighted by Gasteiger charge is -2.23. The number of hydrogen-bond acceptors (Lipinski definition) is 3. The van der Waals surface area contributed by atoms with Gasteiger partial charge in [0.1, 0.15) is 6.04 Å². The second kappa shape index (κ2) is 6.48. The smallest absolute Gasteiger partial charge is 0.242 e. The summed E-state index contributed by atoms with van der Waals surface area (Å²) in [6.07, 6.45) is 1.93. The summed E-state index contributed by atoms with van der Waals surface area (Å²) < 4.78 is 0.